The third kappa shape index (κ3) is 3.22. The number of hydrogen-bond donors (Lipinski definition) is 0. The Hall–Kier alpha value is -2.01. The number of nitriles is 1. The molecule has 0 spiro atoms. The zero-order valence-corrected chi connectivity index (χ0v) is 9.55. The molecule has 1 aromatic heterocycles. The standard InChI is InChI=1S/C9H9N3O4S/c10-5-1-2-7-17(15,16)9-8(12(13)14)4-3-6-11-9/h3-4,6H,1-2,7H2. The summed E-state index contributed by atoms with van der Waals surface area (Å²) in [7, 11) is -3.81. The van der Waals surface area contributed by atoms with Crippen molar-refractivity contribution < 1.29 is 13.3 Å². The second kappa shape index (κ2) is 5.36. The number of unbranched alkanes of at least 4 members (excludes halogenated alkanes) is 1. The summed E-state index contributed by atoms with van der Waals surface area (Å²) in [6, 6.07) is 4.20. The molecule has 1 aromatic rings. The van der Waals surface area contributed by atoms with Crippen LogP contribution in [0.15, 0.2) is 23.4 Å². The molecule has 0 fully saturated rings. The van der Waals surface area contributed by atoms with E-state index < -0.39 is 25.5 Å². The van der Waals surface area contributed by atoms with Gasteiger partial charge in [0, 0.05) is 18.7 Å². The first-order valence-corrected chi connectivity index (χ1v) is 6.33. The minimum absolute atomic E-state index is 0.0832. The van der Waals surface area contributed by atoms with Crippen molar-refractivity contribution >= 4 is 15.5 Å². The highest BCUT2D eigenvalue weighted by Crippen LogP contribution is 2.21. The highest BCUT2D eigenvalue weighted by molar-refractivity contribution is 7.91. The average Bonchev–Trinajstić information content (AvgIpc) is 2.29. The summed E-state index contributed by atoms with van der Waals surface area (Å²) in [5.74, 6) is -0.321. The van der Waals surface area contributed by atoms with Crippen molar-refractivity contribution in [1.82, 2.24) is 4.98 Å². The number of aromatic nitrogens is 1. The van der Waals surface area contributed by atoms with Crippen LogP contribution >= 0.6 is 0 Å². The molecule has 7 nitrogen and oxygen atoms in total. The SMILES string of the molecule is N#CCCCS(=O)(=O)c1ncccc1[N+](=O)[O-]. The minimum Gasteiger partial charge on any atom is -0.258 e. The Morgan fingerprint density at radius 1 is 1.53 bits per heavy atom. The fourth-order valence-corrected chi connectivity index (χ4v) is 2.60. The van der Waals surface area contributed by atoms with Gasteiger partial charge in [-0.3, -0.25) is 10.1 Å². The molecular formula is C9H9N3O4S. The predicted octanol–water partition coefficient (Wildman–Crippen LogP) is 1.07. The molecule has 0 saturated carbocycles. The maximum Gasteiger partial charge on any atom is 0.306 e. The van der Waals surface area contributed by atoms with Gasteiger partial charge in [-0.05, 0) is 12.5 Å². The molecule has 0 N–H and O–H groups in total. The van der Waals surface area contributed by atoms with Gasteiger partial charge in [-0.1, -0.05) is 0 Å². The van der Waals surface area contributed by atoms with E-state index in [1.807, 2.05) is 6.07 Å². The highest BCUT2D eigenvalue weighted by Gasteiger charge is 2.26. The monoisotopic (exact) mass is 255 g/mol. The first-order valence-electron chi connectivity index (χ1n) is 4.68. The summed E-state index contributed by atoms with van der Waals surface area (Å²) in [5.41, 5.74) is -0.538. The fraction of sp³-hybridized carbons (Fsp3) is 0.333. The van der Waals surface area contributed by atoms with Crippen LogP contribution in [0.25, 0.3) is 0 Å². The molecule has 90 valence electrons. The van der Waals surface area contributed by atoms with Crippen molar-refractivity contribution in [3.63, 3.8) is 0 Å². The average molecular weight is 255 g/mol. The van der Waals surface area contributed by atoms with E-state index in [0.29, 0.717) is 0 Å². The number of hydrogen-bond acceptors (Lipinski definition) is 6. The van der Waals surface area contributed by atoms with Crippen molar-refractivity contribution in [3.05, 3.63) is 28.4 Å². The molecule has 17 heavy (non-hydrogen) atoms. The molecule has 0 saturated heterocycles. The van der Waals surface area contributed by atoms with Crippen molar-refractivity contribution in [1.29, 1.82) is 5.26 Å². The summed E-state index contributed by atoms with van der Waals surface area (Å²) in [6.45, 7) is 0. The fourth-order valence-electron chi connectivity index (χ4n) is 1.20. The molecule has 0 aliphatic carbocycles. The van der Waals surface area contributed by atoms with Crippen LogP contribution in [-0.4, -0.2) is 24.1 Å². The Morgan fingerprint density at radius 3 is 2.82 bits per heavy atom. The molecular weight excluding hydrogens is 246 g/mol. The molecule has 1 heterocycles. The normalized spacial score (nSPS) is 10.8. The predicted molar refractivity (Wildman–Crippen MR) is 57.8 cm³/mol. The van der Waals surface area contributed by atoms with E-state index in [-0.39, 0.29) is 18.6 Å². The molecule has 8 heteroatoms. The number of sulfone groups is 1. The topological polar surface area (TPSA) is 114 Å². The van der Waals surface area contributed by atoms with E-state index in [2.05, 4.69) is 4.98 Å². The second-order valence-electron chi connectivity index (χ2n) is 3.17. The van der Waals surface area contributed by atoms with Crippen LogP contribution in [0.4, 0.5) is 5.69 Å². The van der Waals surface area contributed by atoms with E-state index in [0.717, 1.165) is 6.07 Å². The van der Waals surface area contributed by atoms with Crippen molar-refractivity contribution in [2.24, 2.45) is 0 Å². The van der Waals surface area contributed by atoms with E-state index in [1.54, 1.807) is 0 Å². The van der Waals surface area contributed by atoms with Gasteiger partial charge in [-0.25, -0.2) is 13.4 Å². The number of pyridine rings is 1. The van der Waals surface area contributed by atoms with Gasteiger partial charge in [-0.15, -0.1) is 0 Å². The molecule has 1 rings (SSSR count). The highest BCUT2D eigenvalue weighted by atomic mass is 32.2. The quantitative estimate of drug-likeness (QED) is 0.441. The summed E-state index contributed by atoms with van der Waals surface area (Å²) in [5, 5.41) is 18.4. The zero-order chi connectivity index (χ0) is 12.9. The van der Waals surface area contributed by atoms with Gasteiger partial charge in [0.1, 0.15) is 0 Å². The van der Waals surface area contributed by atoms with Crippen LogP contribution in [0.1, 0.15) is 12.8 Å². The van der Waals surface area contributed by atoms with E-state index >= 15 is 0 Å². The van der Waals surface area contributed by atoms with Gasteiger partial charge < -0.3 is 0 Å². The number of rotatable bonds is 5. The van der Waals surface area contributed by atoms with Crippen LogP contribution in [0.5, 0.6) is 0 Å². The van der Waals surface area contributed by atoms with E-state index in [9.17, 15) is 18.5 Å². The number of nitrogens with zero attached hydrogens (tertiary/aromatic N) is 3. The summed E-state index contributed by atoms with van der Waals surface area (Å²) < 4.78 is 23.5. The Kier molecular flexibility index (Phi) is 4.12. The van der Waals surface area contributed by atoms with Gasteiger partial charge >= 0.3 is 5.69 Å². The van der Waals surface area contributed by atoms with Gasteiger partial charge in [0.15, 0.2) is 0 Å². The molecule has 0 aromatic carbocycles. The zero-order valence-electron chi connectivity index (χ0n) is 8.74. The summed E-state index contributed by atoms with van der Waals surface area (Å²) >= 11 is 0. The maximum absolute atomic E-state index is 11.8. The Balaban J connectivity index is 3.07. The van der Waals surface area contributed by atoms with Crippen LogP contribution in [0.2, 0.25) is 0 Å². The lowest BCUT2D eigenvalue weighted by Crippen LogP contribution is -2.11. The maximum atomic E-state index is 11.8. The lowest BCUT2D eigenvalue weighted by atomic mass is 10.4. The van der Waals surface area contributed by atoms with Crippen LogP contribution in [0, 0.1) is 21.4 Å². The first kappa shape index (κ1) is 13.1. The van der Waals surface area contributed by atoms with Gasteiger partial charge in [0.2, 0.25) is 14.9 Å². The molecule has 0 unspecified atom stereocenters. The molecule has 0 atom stereocenters. The van der Waals surface area contributed by atoms with Crippen LogP contribution in [-0.2, 0) is 9.84 Å². The lowest BCUT2D eigenvalue weighted by molar-refractivity contribution is -0.388. The van der Waals surface area contributed by atoms with Gasteiger partial charge in [0.25, 0.3) is 0 Å². The van der Waals surface area contributed by atoms with E-state index in [1.165, 1.54) is 12.3 Å². The van der Waals surface area contributed by atoms with Crippen molar-refractivity contribution in [2.45, 2.75) is 17.9 Å². The summed E-state index contributed by atoms with van der Waals surface area (Å²) in [6.07, 6.45) is 1.40. The second-order valence-corrected chi connectivity index (χ2v) is 5.19. The third-order valence-corrected chi connectivity index (χ3v) is 3.67. The van der Waals surface area contributed by atoms with Crippen molar-refractivity contribution in [2.75, 3.05) is 5.75 Å². The first-order chi connectivity index (χ1) is 7.99. The van der Waals surface area contributed by atoms with Crippen LogP contribution < -0.4 is 0 Å². The molecule has 0 bridgehead atoms. The smallest absolute Gasteiger partial charge is 0.258 e. The lowest BCUT2D eigenvalue weighted by Gasteiger charge is -2.02. The minimum atomic E-state index is -3.81. The van der Waals surface area contributed by atoms with Crippen LogP contribution in [0.3, 0.4) is 0 Å². The molecule has 0 aliphatic heterocycles. The van der Waals surface area contributed by atoms with Crippen molar-refractivity contribution in [3.8, 4) is 6.07 Å². The third-order valence-electron chi connectivity index (χ3n) is 1.94. The Labute approximate surface area is 97.8 Å². The van der Waals surface area contributed by atoms with E-state index in [4.69, 9.17) is 5.26 Å². The molecule has 0 amide bonds. The largest absolute Gasteiger partial charge is 0.306 e. The summed E-state index contributed by atoms with van der Waals surface area (Å²) in [4.78, 5) is 13.4. The molecule has 0 radical (unpaired) electrons. The van der Waals surface area contributed by atoms with Gasteiger partial charge in [-0.2, -0.15) is 5.26 Å². The number of nitro groups is 1. The Morgan fingerprint density at radius 2 is 2.24 bits per heavy atom. The molecule has 0 aliphatic rings. The van der Waals surface area contributed by atoms with Gasteiger partial charge in [0.05, 0.1) is 16.7 Å². The Bertz CT molecular complexity index is 562.